The molecule has 0 aliphatic rings. The quantitative estimate of drug-likeness (QED) is 0.560. The van der Waals surface area contributed by atoms with E-state index in [1.165, 1.54) is 5.56 Å². The van der Waals surface area contributed by atoms with E-state index in [4.69, 9.17) is 5.73 Å². The highest BCUT2D eigenvalue weighted by Gasteiger charge is 1.90. The van der Waals surface area contributed by atoms with Crippen molar-refractivity contribution in [2.75, 3.05) is 5.73 Å². The molecule has 0 unspecified atom stereocenters. The number of nitrogen functional groups attached to an aromatic ring is 1. The molecule has 0 saturated carbocycles. The summed E-state index contributed by atoms with van der Waals surface area (Å²) in [4.78, 5) is 0. The molecule has 47 valence electrons. The summed E-state index contributed by atoms with van der Waals surface area (Å²) in [6, 6.07) is 8.73. The maximum atomic E-state index is 5.58. The molecule has 1 aromatic rings. The minimum absolute atomic E-state index is 0.778. The van der Waals surface area contributed by atoms with E-state index in [-0.39, 0.29) is 0 Å². The topological polar surface area (TPSA) is 26.0 Å². The van der Waals surface area contributed by atoms with Gasteiger partial charge in [-0.25, -0.2) is 0 Å². The minimum Gasteiger partial charge on any atom is -0.398 e. The summed E-state index contributed by atoms with van der Waals surface area (Å²) in [5, 5.41) is 0. The summed E-state index contributed by atoms with van der Waals surface area (Å²) >= 11 is 0. The highest BCUT2D eigenvalue weighted by atomic mass is 14.5. The molecular weight excluding hydrogens is 110 g/mol. The molecule has 0 amide bonds. The Labute approximate surface area is 55.5 Å². The maximum Gasteiger partial charge on any atom is 0.0426 e. The largest absolute Gasteiger partial charge is 0.398 e. The van der Waals surface area contributed by atoms with Crippen LogP contribution in [-0.4, -0.2) is 0 Å². The number of hydrogen-bond donors (Lipinski definition) is 1. The van der Waals surface area contributed by atoms with E-state index in [9.17, 15) is 0 Å². The summed E-state index contributed by atoms with van der Waals surface area (Å²) in [6.07, 6.45) is 0.989. The van der Waals surface area contributed by atoms with Gasteiger partial charge in [-0.1, -0.05) is 25.1 Å². The van der Waals surface area contributed by atoms with Crippen LogP contribution in [-0.2, 0) is 6.42 Å². The summed E-state index contributed by atoms with van der Waals surface area (Å²) in [7, 11) is 0. The number of hydrogen-bond acceptors (Lipinski definition) is 1. The molecule has 1 nitrogen and oxygen atoms in total. The number of rotatable bonds is 1. The molecule has 1 rings (SSSR count). The van der Waals surface area contributed by atoms with Gasteiger partial charge in [-0.3, -0.25) is 0 Å². The second-order valence-electron chi connectivity index (χ2n) is 1.96. The van der Waals surface area contributed by atoms with Crippen LogP contribution >= 0.6 is 0 Å². The summed E-state index contributed by atoms with van der Waals surface area (Å²) in [6.45, 7) is 2.08. The molecule has 1 radical (unpaired) electrons. The number of para-hydroxylation sites is 1. The van der Waals surface area contributed by atoms with Crippen molar-refractivity contribution in [2.45, 2.75) is 13.3 Å². The predicted molar refractivity (Wildman–Crippen MR) is 39.1 cm³/mol. The van der Waals surface area contributed by atoms with Crippen molar-refractivity contribution in [1.29, 1.82) is 0 Å². The van der Waals surface area contributed by atoms with Crippen LogP contribution in [0.15, 0.2) is 18.2 Å². The van der Waals surface area contributed by atoms with Gasteiger partial charge >= 0.3 is 0 Å². The van der Waals surface area contributed by atoms with Crippen molar-refractivity contribution in [3.05, 3.63) is 29.8 Å². The molecule has 0 spiro atoms. The third-order valence-electron chi connectivity index (χ3n) is 1.36. The zero-order chi connectivity index (χ0) is 6.69. The van der Waals surface area contributed by atoms with E-state index in [0.717, 1.165) is 12.1 Å². The van der Waals surface area contributed by atoms with Gasteiger partial charge in [0.2, 0.25) is 0 Å². The van der Waals surface area contributed by atoms with Crippen LogP contribution in [0.25, 0.3) is 0 Å². The van der Waals surface area contributed by atoms with E-state index in [0.29, 0.717) is 0 Å². The van der Waals surface area contributed by atoms with Gasteiger partial charge in [0.1, 0.15) is 0 Å². The molecular formula is C8H10N. The van der Waals surface area contributed by atoms with E-state index in [1.807, 2.05) is 18.2 Å². The van der Waals surface area contributed by atoms with Crippen molar-refractivity contribution in [3.8, 4) is 0 Å². The van der Waals surface area contributed by atoms with Crippen LogP contribution in [0.4, 0.5) is 5.69 Å². The molecule has 0 aromatic heterocycles. The van der Waals surface area contributed by atoms with Crippen LogP contribution in [0, 0.1) is 6.07 Å². The highest BCUT2D eigenvalue weighted by molar-refractivity contribution is 5.44. The van der Waals surface area contributed by atoms with Crippen molar-refractivity contribution in [1.82, 2.24) is 0 Å². The van der Waals surface area contributed by atoms with Crippen molar-refractivity contribution < 1.29 is 0 Å². The van der Waals surface area contributed by atoms with Gasteiger partial charge in [-0.05, 0) is 12.0 Å². The Morgan fingerprint density at radius 3 is 2.89 bits per heavy atom. The summed E-state index contributed by atoms with van der Waals surface area (Å²) < 4.78 is 0. The van der Waals surface area contributed by atoms with Gasteiger partial charge in [0.25, 0.3) is 0 Å². The number of nitrogens with two attached hydrogens (primary N) is 1. The number of aryl methyl sites for hydroxylation is 1. The molecule has 0 saturated heterocycles. The Hall–Kier alpha value is -0.980. The molecule has 1 heteroatoms. The minimum atomic E-state index is 0.778. The molecule has 0 fully saturated rings. The first kappa shape index (κ1) is 6.14. The second-order valence-corrected chi connectivity index (χ2v) is 1.96. The van der Waals surface area contributed by atoms with Gasteiger partial charge in [-0.2, -0.15) is 0 Å². The lowest BCUT2D eigenvalue weighted by molar-refractivity contribution is 1.14. The Balaban J connectivity index is 3.01. The Morgan fingerprint density at radius 2 is 2.44 bits per heavy atom. The fourth-order valence-electron chi connectivity index (χ4n) is 0.793. The summed E-state index contributed by atoms with van der Waals surface area (Å²) in [5.41, 5.74) is 7.53. The zero-order valence-corrected chi connectivity index (χ0v) is 5.52. The molecule has 0 bridgehead atoms. The number of anilines is 1. The molecule has 2 N–H and O–H groups in total. The summed E-state index contributed by atoms with van der Waals surface area (Å²) in [5.74, 6) is 0. The van der Waals surface area contributed by atoms with Crippen LogP contribution in [0.5, 0.6) is 0 Å². The molecule has 0 aliphatic heterocycles. The molecule has 0 aliphatic carbocycles. The number of benzene rings is 1. The van der Waals surface area contributed by atoms with Gasteiger partial charge in [0.05, 0.1) is 0 Å². The van der Waals surface area contributed by atoms with Gasteiger partial charge in [0.15, 0.2) is 0 Å². The standard InChI is InChI=1S/C8H10N/c1-2-7-5-3-4-6-8(7)9/h3-5H,2,9H2,1H3. The fraction of sp³-hybridized carbons (Fsp3) is 0.250. The van der Waals surface area contributed by atoms with E-state index >= 15 is 0 Å². The van der Waals surface area contributed by atoms with Crippen molar-refractivity contribution >= 4 is 5.69 Å². The average molecular weight is 120 g/mol. The van der Waals surface area contributed by atoms with Gasteiger partial charge in [-0.15, -0.1) is 0 Å². The zero-order valence-electron chi connectivity index (χ0n) is 5.52. The highest BCUT2D eigenvalue weighted by Crippen LogP contribution is 2.08. The lowest BCUT2D eigenvalue weighted by Gasteiger charge is -1.97. The predicted octanol–water partition coefficient (Wildman–Crippen LogP) is 1.63. The molecule has 9 heavy (non-hydrogen) atoms. The lowest BCUT2D eigenvalue weighted by Crippen LogP contribution is -1.90. The van der Waals surface area contributed by atoms with Gasteiger partial charge in [0, 0.05) is 11.8 Å². The Kier molecular flexibility index (Phi) is 1.73. The first-order chi connectivity index (χ1) is 4.34. The first-order valence-electron chi connectivity index (χ1n) is 3.09. The second kappa shape index (κ2) is 2.53. The lowest BCUT2D eigenvalue weighted by atomic mass is 10.1. The van der Waals surface area contributed by atoms with Crippen LogP contribution in [0.1, 0.15) is 12.5 Å². The first-order valence-corrected chi connectivity index (χ1v) is 3.09. The monoisotopic (exact) mass is 120 g/mol. The van der Waals surface area contributed by atoms with E-state index in [2.05, 4.69) is 13.0 Å². The van der Waals surface area contributed by atoms with Crippen LogP contribution < -0.4 is 5.73 Å². The average Bonchev–Trinajstić information content (AvgIpc) is 1.89. The smallest absolute Gasteiger partial charge is 0.0426 e. The molecule has 1 aromatic carbocycles. The third-order valence-corrected chi connectivity index (χ3v) is 1.36. The maximum absolute atomic E-state index is 5.58. The molecule has 0 atom stereocenters. The Bertz CT molecular complexity index is 194. The van der Waals surface area contributed by atoms with Gasteiger partial charge < -0.3 is 5.73 Å². The van der Waals surface area contributed by atoms with E-state index in [1.54, 1.807) is 0 Å². The van der Waals surface area contributed by atoms with Crippen LogP contribution in [0.3, 0.4) is 0 Å². The van der Waals surface area contributed by atoms with Crippen molar-refractivity contribution in [3.63, 3.8) is 0 Å². The molecule has 0 heterocycles. The van der Waals surface area contributed by atoms with Crippen molar-refractivity contribution in [2.24, 2.45) is 0 Å². The van der Waals surface area contributed by atoms with Crippen LogP contribution in [0.2, 0.25) is 0 Å². The van der Waals surface area contributed by atoms with E-state index < -0.39 is 0 Å². The fourth-order valence-corrected chi connectivity index (χ4v) is 0.793. The SMILES string of the molecule is CCc1ccc[c]c1N. The Morgan fingerprint density at radius 1 is 1.67 bits per heavy atom. The third kappa shape index (κ3) is 1.22. The normalized spacial score (nSPS) is 9.44.